The van der Waals surface area contributed by atoms with Crippen LogP contribution in [0.15, 0.2) is 40.7 Å². The number of aliphatic imine (C=N–C) groups is 1. The lowest BCUT2D eigenvalue weighted by molar-refractivity contribution is -0.130. The number of amides is 1. The molecule has 1 saturated heterocycles. The molecule has 0 aliphatic carbocycles. The number of benzene rings is 1. The van der Waals surface area contributed by atoms with Gasteiger partial charge in [-0.3, -0.25) is 4.79 Å². The fourth-order valence-corrected chi connectivity index (χ4v) is 4.98. The van der Waals surface area contributed by atoms with E-state index in [-0.39, 0.29) is 12.5 Å². The van der Waals surface area contributed by atoms with Crippen molar-refractivity contribution in [1.82, 2.24) is 15.5 Å². The first-order valence-corrected chi connectivity index (χ1v) is 11.7. The number of nitrogens with one attached hydrogen (secondary N) is 2. The summed E-state index contributed by atoms with van der Waals surface area (Å²) in [5.74, 6) is 0.826. The van der Waals surface area contributed by atoms with Gasteiger partial charge < -0.3 is 20.4 Å². The SMILES string of the molecule is CCNC(=NCC(=O)N1CCc2sccc2C1)NC1CCN(c2ccc(C)cc2)C1. The molecule has 0 bridgehead atoms. The first kappa shape index (κ1) is 20.7. The minimum Gasteiger partial charge on any atom is -0.369 e. The fraction of sp³-hybridized carbons (Fsp3) is 0.478. The molecule has 3 heterocycles. The summed E-state index contributed by atoms with van der Waals surface area (Å²) in [5, 5.41) is 8.94. The molecule has 160 valence electrons. The van der Waals surface area contributed by atoms with Crippen LogP contribution in [0, 0.1) is 6.92 Å². The molecule has 0 spiro atoms. The molecule has 1 aromatic carbocycles. The van der Waals surface area contributed by atoms with Gasteiger partial charge in [-0.15, -0.1) is 11.3 Å². The van der Waals surface area contributed by atoms with Gasteiger partial charge in [-0.1, -0.05) is 17.7 Å². The van der Waals surface area contributed by atoms with Gasteiger partial charge in [0.25, 0.3) is 0 Å². The van der Waals surface area contributed by atoms with E-state index in [1.165, 1.54) is 21.7 Å². The van der Waals surface area contributed by atoms with E-state index in [9.17, 15) is 4.79 Å². The number of anilines is 1. The molecule has 30 heavy (non-hydrogen) atoms. The molecule has 4 rings (SSSR count). The van der Waals surface area contributed by atoms with Crippen LogP contribution in [0.5, 0.6) is 0 Å². The molecule has 2 aromatic rings. The molecule has 2 aliphatic rings. The van der Waals surface area contributed by atoms with Crippen LogP contribution in [0.3, 0.4) is 0 Å². The Bertz CT molecular complexity index is 891. The highest BCUT2D eigenvalue weighted by Crippen LogP contribution is 2.24. The number of nitrogens with zero attached hydrogens (tertiary/aromatic N) is 3. The van der Waals surface area contributed by atoms with E-state index >= 15 is 0 Å². The highest BCUT2D eigenvalue weighted by molar-refractivity contribution is 7.10. The second-order valence-corrected chi connectivity index (χ2v) is 9.04. The lowest BCUT2D eigenvalue weighted by Crippen LogP contribution is -2.45. The molecule has 2 aliphatic heterocycles. The van der Waals surface area contributed by atoms with Crippen LogP contribution in [0.2, 0.25) is 0 Å². The maximum atomic E-state index is 12.7. The third kappa shape index (κ3) is 4.95. The zero-order valence-corrected chi connectivity index (χ0v) is 18.7. The molecule has 0 saturated carbocycles. The number of guanidine groups is 1. The van der Waals surface area contributed by atoms with E-state index in [1.54, 1.807) is 11.3 Å². The summed E-state index contributed by atoms with van der Waals surface area (Å²) in [6.07, 6.45) is 2.01. The van der Waals surface area contributed by atoms with Crippen LogP contribution in [-0.4, -0.2) is 55.5 Å². The predicted octanol–water partition coefficient (Wildman–Crippen LogP) is 2.78. The molecule has 1 atom stereocenters. The summed E-state index contributed by atoms with van der Waals surface area (Å²) in [4.78, 5) is 23.0. The zero-order valence-electron chi connectivity index (χ0n) is 17.9. The van der Waals surface area contributed by atoms with Gasteiger partial charge in [0.05, 0.1) is 0 Å². The third-order valence-electron chi connectivity index (χ3n) is 5.81. The Labute approximate surface area is 183 Å². The van der Waals surface area contributed by atoms with E-state index in [0.29, 0.717) is 12.6 Å². The van der Waals surface area contributed by atoms with E-state index in [4.69, 9.17) is 0 Å². The maximum absolute atomic E-state index is 12.7. The highest BCUT2D eigenvalue weighted by atomic mass is 32.1. The summed E-state index contributed by atoms with van der Waals surface area (Å²) in [6, 6.07) is 11.1. The average Bonchev–Trinajstić information content (AvgIpc) is 3.41. The van der Waals surface area contributed by atoms with Gasteiger partial charge in [0.1, 0.15) is 6.54 Å². The standard InChI is InChI=1S/C23H31N5OS/c1-3-24-23(25-14-22(29)28-12-9-21-18(15-28)10-13-30-21)26-19-8-11-27(16-19)20-6-4-17(2)5-7-20/h4-7,10,13,19H,3,8-9,11-12,14-16H2,1-2H3,(H2,24,25,26). The van der Waals surface area contributed by atoms with Crippen LogP contribution in [0.1, 0.15) is 29.3 Å². The number of carbonyl (C=O) groups is 1. The fourth-order valence-electron chi connectivity index (χ4n) is 4.09. The first-order chi connectivity index (χ1) is 14.6. The Balaban J connectivity index is 1.31. The van der Waals surface area contributed by atoms with Crippen molar-refractivity contribution in [2.75, 3.05) is 37.6 Å². The molecular formula is C23H31N5OS. The van der Waals surface area contributed by atoms with E-state index < -0.39 is 0 Å². The largest absolute Gasteiger partial charge is 0.369 e. The lowest BCUT2D eigenvalue weighted by Gasteiger charge is -2.26. The number of hydrogen-bond acceptors (Lipinski definition) is 4. The Kier molecular flexibility index (Phi) is 6.57. The van der Waals surface area contributed by atoms with Gasteiger partial charge in [-0.25, -0.2) is 4.99 Å². The monoisotopic (exact) mass is 425 g/mol. The number of thiophene rings is 1. The average molecular weight is 426 g/mol. The summed E-state index contributed by atoms with van der Waals surface area (Å²) in [6.45, 7) is 8.59. The Morgan fingerprint density at radius 2 is 2.07 bits per heavy atom. The Morgan fingerprint density at radius 3 is 2.87 bits per heavy atom. The van der Waals surface area contributed by atoms with Crippen LogP contribution in [0.4, 0.5) is 5.69 Å². The minimum absolute atomic E-state index is 0.0942. The van der Waals surface area contributed by atoms with Gasteiger partial charge in [0.2, 0.25) is 5.91 Å². The lowest BCUT2D eigenvalue weighted by atomic mass is 10.1. The molecule has 1 unspecified atom stereocenters. The third-order valence-corrected chi connectivity index (χ3v) is 6.83. The number of hydrogen-bond donors (Lipinski definition) is 2. The molecule has 2 N–H and O–H groups in total. The van der Waals surface area contributed by atoms with Crippen LogP contribution >= 0.6 is 11.3 Å². The van der Waals surface area contributed by atoms with Crippen molar-refractivity contribution >= 4 is 28.9 Å². The van der Waals surface area contributed by atoms with Crippen molar-refractivity contribution in [1.29, 1.82) is 0 Å². The summed E-state index contributed by atoms with van der Waals surface area (Å²) in [7, 11) is 0. The van der Waals surface area contributed by atoms with Gasteiger partial charge in [-0.2, -0.15) is 0 Å². The molecule has 0 radical (unpaired) electrons. The van der Waals surface area contributed by atoms with Crippen molar-refractivity contribution in [3.8, 4) is 0 Å². The number of rotatable bonds is 5. The van der Waals surface area contributed by atoms with Crippen molar-refractivity contribution in [2.45, 2.75) is 39.3 Å². The predicted molar refractivity (Wildman–Crippen MR) is 124 cm³/mol. The van der Waals surface area contributed by atoms with Crippen LogP contribution < -0.4 is 15.5 Å². The molecule has 1 aromatic heterocycles. The van der Waals surface area contributed by atoms with Gasteiger partial charge in [-0.05, 0) is 55.8 Å². The quantitative estimate of drug-likeness (QED) is 0.571. The molecule has 1 fully saturated rings. The topological polar surface area (TPSA) is 60.0 Å². The molecule has 1 amide bonds. The number of fused-ring (bicyclic) bond motifs is 1. The Morgan fingerprint density at radius 1 is 1.23 bits per heavy atom. The molecular weight excluding hydrogens is 394 g/mol. The second kappa shape index (κ2) is 9.51. The van der Waals surface area contributed by atoms with Gasteiger partial charge >= 0.3 is 0 Å². The van der Waals surface area contributed by atoms with Crippen LogP contribution in [0.25, 0.3) is 0 Å². The van der Waals surface area contributed by atoms with E-state index in [1.807, 2.05) is 4.90 Å². The van der Waals surface area contributed by atoms with Crippen molar-refractivity contribution in [3.05, 3.63) is 51.7 Å². The summed E-state index contributed by atoms with van der Waals surface area (Å²) in [5.41, 5.74) is 3.83. The molecule has 7 heteroatoms. The van der Waals surface area contributed by atoms with E-state index in [0.717, 1.165) is 45.0 Å². The first-order valence-electron chi connectivity index (χ1n) is 10.8. The Hall–Kier alpha value is -2.54. The van der Waals surface area contributed by atoms with E-state index in [2.05, 4.69) is 70.1 Å². The highest BCUT2D eigenvalue weighted by Gasteiger charge is 2.24. The van der Waals surface area contributed by atoms with Crippen LogP contribution in [-0.2, 0) is 17.8 Å². The van der Waals surface area contributed by atoms with Gasteiger partial charge in [0, 0.05) is 49.3 Å². The summed E-state index contributed by atoms with van der Waals surface area (Å²) >= 11 is 1.79. The van der Waals surface area contributed by atoms with Crippen molar-refractivity contribution < 1.29 is 4.79 Å². The molecule has 6 nitrogen and oxygen atoms in total. The van der Waals surface area contributed by atoms with Gasteiger partial charge in [0.15, 0.2) is 5.96 Å². The van der Waals surface area contributed by atoms with Crippen molar-refractivity contribution in [2.24, 2.45) is 4.99 Å². The zero-order chi connectivity index (χ0) is 20.9. The van der Waals surface area contributed by atoms with Crippen molar-refractivity contribution in [3.63, 3.8) is 0 Å². The second-order valence-electron chi connectivity index (χ2n) is 8.04. The summed E-state index contributed by atoms with van der Waals surface area (Å²) < 4.78 is 0. The number of carbonyl (C=O) groups excluding carboxylic acids is 1. The number of aryl methyl sites for hydroxylation is 1. The minimum atomic E-state index is 0.0942. The smallest absolute Gasteiger partial charge is 0.244 e. The maximum Gasteiger partial charge on any atom is 0.244 e. The normalized spacial score (nSPS) is 19.0.